The molecule has 134 valence electrons. The van der Waals surface area contributed by atoms with Gasteiger partial charge in [0.15, 0.2) is 0 Å². The largest absolute Gasteiger partial charge is 0.339 e. The topological polar surface area (TPSA) is 76.3 Å². The van der Waals surface area contributed by atoms with Gasteiger partial charge >= 0.3 is 0 Å². The van der Waals surface area contributed by atoms with E-state index in [4.69, 9.17) is 0 Å². The summed E-state index contributed by atoms with van der Waals surface area (Å²) in [6.07, 6.45) is 0.205. The lowest BCUT2D eigenvalue weighted by Crippen LogP contribution is -2.31. The molecule has 26 heavy (non-hydrogen) atoms. The van der Waals surface area contributed by atoms with Crippen LogP contribution in [0.25, 0.3) is 10.6 Å². The summed E-state index contributed by atoms with van der Waals surface area (Å²) in [6, 6.07) is 8.11. The highest BCUT2D eigenvalue weighted by molar-refractivity contribution is 7.14. The van der Waals surface area contributed by atoms with E-state index in [2.05, 4.69) is 4.98 Å². The first-order valence-corrected chi connectivity index (χ1v) is 9.75. The maximum absolute atomic E-state index is 12.6. The first-order valence-electron chi connectivity index (χ1n) is 7.92. The third kappa shape index (κ3) is 3.97. The van der Waals surface area contributed by atoms with Gasteiger partial charge in [-0.1, -0.05) is 12.1 Å². The zero-order valence-corrected chi connectivity index (χ0v) is 15.9. The van der Waals surface area contributed by atoms with Gasteiger partial charge < -0.3 is 4.90 Å². The molecule has 0 spiro atoms. The minimum absolute atomic E-state index is 0.0232. The van der Waals surface area contributed by atoms with Crippen LogP contribution in [0.4, 0.5) is 5.69 Å². The summed E-state index contributed by atoms with van der Waals surface area (Å²) in [7, 11) is 1.71. The fourth-order valence-electron chi connectivity index (χ4n) is 2.52. The van der Waals surface area contributed by atoms with Gasteiger partial charge in [0.05, 0.1) is 23.1 Å². The van der Waals surface area contributed by atoms with Crippen LogP contribution < -0.4 is 0 Å². The number of thiophene rings is 1. The highest BCUT2D eigenvalue weighted by Crippen LogP contribution is 2.27. The van der Waals surface area contributed by atoms with Crippen LogP contribution in [0.5, 0.6) is 0 Å². The predicted molar refractivity (Wildman–Crippen MR) is 103 cm³/mol. The van der Waals surface area contributed by atoms with E-state index in [-0.39, 0.29) is 24.1 Å². The predicted octanol–water partition coefficient (Wildman–Crippen LogP) is 4.54. The number of rotatable bonds is 6. The second kappa shape index (κ2) is 7.76. The number of carbonyl (C=O) groups is 1. The van der Waals surface area contributed by atoms with Gasteiger partial charge in [0, 0.05) is 35.5 Å². The normalized spacial score (nSPS) is 11.9. The molecule has 2 aromatic heterocycles. The third-order valence-electron chi connectivity index (χ3n) is 4.19. The average Bonchev–Trinajstić information content (AvgIpc) is 3.32. The molecule has 0 unspecified atom stereocenters. The Balaban J connectivity index is 1.69. The Morgan fingerprint density at radius 2 is 2.15 bits per heavy atom. The average molecular weight is 387 g/mol. The van der Waals surface area contributed by atoms with Gasteiger partial charge in [-0.15, -0.1) is 11.3 Å². The van der Waals surface area contributed by atoms with E-state index in [0.29, 0.717) is 0 Å². The van der Waals surface area contributed by atoms with E-state index in [1.54, 1.807) is 35.4 Å². The lowest BCUT2D eigenvalue weighted by atomic mass is 10.1. The molecule has 6 nitrogen and oxygen atoms in total. The van der Waals surface area contributed by atoms with Crippen LogP contribution in [0.2, 0.25) is 0 Å². The lowest BCUT2D eigenvalue weighted by molar-refractivity contribution is -0.384. The summed E-state index contributed by atoms with van der Waals surface area (Å²) in [6.45, 7) is 1.86. The van der Waals surface area contributed by atoms with Gasteiger partial charge in [-0.05, 0) is 23.9 Å². The van der Waals surface area contributed by atoms with E-state index < -0.39 is 4.92 Å². The second-order valence-electron chi connectivity index (χ2n) is 5.87. The highest BCUT2D eigenvalue weighted by Gasteiger charge is 2.20. The summed E-state index contributed by atoms with van der Waals surface area (Å²) < 4.78 is 0. The molecule has 1 atom stereocenters. The maximum Gasteiger partial charge on any atom is 0.269 e. The molecule has 3 rings (SSSR count). The molecule has 0 saturated carbocycles. The molecule has 2 heterocycles. The molecule has 1 amide bonds. The molecular weight excluding hydrogens is 370 g/mol. The number of nitrogens with zero attached hydrogens (tertiary/aromatic N) is 3. The summed E-state index contributed by atoms with van der Waals surface area (Å²) in [5, 5.41) is 17.8. The number of nitro benzene ring substituents is 1. The number of benzene rings is 1. The Morgan fingerprint density at radius 1 is 1.35 bits per heavy atom. The molecule has 1 aromatic carbocycles. The minimum Gasteiger partial charge on any atom is -0.339 e. The summed E-state index contributed by atoms with van der Waals surface area (Å²) >= 11 is 3.13. The van der Waals surface area contributed by atoms with Crippen LogP contribution in [-0.2, 0) is 11.2 Å². The van der Waals surface area contributed by atoms with Crippen LogP contribution in [0, 0.1) is 10.1 Å². The van der Waals surface area contributed by atoms with Crippen LogP contribution >= 0.6 is 22.7 Å². The van der Waals surface area contributed by atoms with Crippen LogP contribution in [0.3, 0.4) is 0 Å². The fraction of sp³-hybridized carbons (Fsp3) is 0.222. The number of hydrogen-bond donors (Lipinski definition) is 0. The van der Waals surface area contributed by atoms with Crippen molar-refractivity contribution in [3.8, 4) is 10.6 Å². The maximum atomic E-state index is 12.6. The Bertz CT molecular complexity index is 921. The van der Waals surface area contributed by atoms with E-state index in [0.717, 1.165) is 21.8 Å². The van der Waals surface area contributed by atoms with Gasteiger partial charge in [0.2, 0.25) is 5.91 Å². The van der Waals surface area contributed by atoms with Gasteiger partial charge in [-0.3, -0.25) is 14.9 Å². The van der Waals surface area contributed by atoms with Gasteiger partial charge in [0.25, 0.3) is 5.69 Å². The second-order valence-corrected chi connectivity index (χ2v) is 7.50. The van der Waals surface area contributed by atoms with Crippen LogP contribution in [0.1, 0.15) is 24.2 Å². The monoisotopic (exact) mass is 387 g/mol. The molecule has 0 bridgehead atoms. The highest BCUT2D eigenvalue weighted by atomic mass is 32.1. The first-order chi connectivity index (χ1) is 12.5. The standard InChI is InChI=1S/C18H17N3O3S2/c1-12(13-4-3-5-16(8-13)21(23)24)20(2)17(22)9-15-11-26-18(19-15)14-6-7-25-10-14/h3-8,10-12H,9H2,1-2H3/t12-/m1/s1. The lowest BCUT2D eigenvalue weighted by Gasteiger charge is -2.25. The summed E-state index contributed by atoms with van der Waals surface area (Å²) in [4.78, 5) is 29.2. The minimum atomic E-state index is -0.431. The molecule has 0 radical (unpaired) electrons. The third-order valence-corrected chi connectivity index (χ3v) is 5.81. The quantitative estimate of drug-likeness (QED) is 0.459. The molecule has 0 N–H and O–H groups in total. The van der Waals surface area contributed by atoms with Crippen molar-refractivity contribution in [2.75, 3.05) is 7.05 Å². The van der Waals surface area contributed by atoms with E-state index >= 15 is 0 Å². The first kappa shape index (κ1) is 18.2. The molecule has 3 aromatic rings. The zero-order chi connectivity index (χ0) is 18.7. The number of amides is 1. The Morgan fingerprint density at radius 3 is 2.85 bits per heavy atom. The van der Waals surface area contributed by atoms with Crippen LogP contribution in [0.15, 0.2) is 46.5 Å². The number of carbonyl (C=O) groups excluding carboxylic acids is 1. The molecule has 0 fully saturated rings. The number of non-ortho nitro benzene ring substituents is 1. The number of hydrogen-bond acceptors (Lipinski definition) is 6. The van der Waals surface area contributed by atoms with Crippen molar-refractivity contribution in [2.45, 2.75) is 19.4 Å². The van der Waals surface area contributed by atoms with E-state index in [9.17, 15) is 14.9 Å². The molecule has 0 saturated heterocycles. The van der Waals surface area contributed by atoms with Crippen molar-refractivity contribution in [2.24, 2.45) is 0 Å². The van der Waals surface area contributed by atoms with Crippen molar-refractivity contribution in [3.63, 3.8) is 0 Å². The smallest absolute Gasteiger partial charge is 0.269 e. The van der Waals surface area contributed by atoms with Crippen molar-refractivity contribution < 1.29 is 9.72 Å². The molecular formula is C18H17N3O3S2. The Hall–Kier alpha value is -2.58. The van der Waals surface area contributed by atoms with Crippen molar-refractivity contribution in [3.05, 3.63) is 67.8 Å². The number of likely N-dealkylation sites (N-methyl/N-ethyl adjacent to an activating group) is 1. The van der Waals surface area contributed by atoms with Crippen molar-refractivity contribution >= 4 is 34.3 Å². The molecule has 8 heteroatoms. The van der Waals surface area contributed by atoms with E-state index in [1.807, 2.05) is 29.1 Å². The number of aromatic nitrogens is 1. The van der Waals surface area contributed by atoms with Gasteiger partial charge in [0.1, 0.15) is 5.01 Å². The summed E-state index contributed by atoms with van der Waals surface area (Å²) in [5.41, 5.74) is 2.55. The van der Waals surface area contributed by atoms with Gasteiger partial charge in [-0.25, -0.2) is 4.98 Å². The van der Waals surface area contributed by atoms with E-state index in [1.165, 1.54) is 23.5 Å². The molecule has 0 aliphatic rings. The van der Waals surface area contributed by atoms with Crippen molar-refractivity contribution in [1.29, 1.82) is 0 Å². The Kier molecular flexibility index (Phi) is 5.43. The molecule has 0 aliphatic carbocycles. The van der Waals surface area contributed by atoms with Crippen molar-refractivity contribution in [1.82, 2.24) is 9.88 Å². The fourth-order valence-corrected chi connectivity index (χ4v) is 4.06. The SMILES string of the molecule is C[C@H](c1cccc([N+](=O)[O-])c1)N(C)C(=O)Cc1csc(-c2ccsc2)n1. The Labute approximate surface area is 158 Å². The number of thiazole rings is 1. The van der Waals surface area contributed by atoms with Gasteiger partial charge in [-0.2, -0.15) is 11.3 Å². The number of nitro groups is 1. The zero-order valence-electron chi connectivity index (χ0n) is 14.3. The molecule has 0 aliphatic heterocycles. The van der Waals surface area contributed by atoms with Crippen LogP contribution in [-0.4, -0.2) is 27.8 Å². The summed E-state index contributed by atoms with van der Waals surface area (Å²) in [5.74, 6) is -0.0776.